The van der Waals surface area contributed by atoms with Gasteiger partial charge in [-0.2, -0.15) is 0 Å². The van der Waals surface area contributed by atoms with Crippen molar-refractivity contribution in [2.45, 2.75) is 6.92 Å². The Morgan fingerprint density at radius 3 is 2.27 bits per heavy atom. The molecule has 1 aromatic carbocycles. The molecular formula is C9H12FNO2S2. The molecule has 0 radical (unpaired) electrons. The normalized spacial score (nSPS) is 11.4. The second kappa shape index (κ2) is 4.85. The summed E-state index contributed by atoms with van der Waals surface area (Å²) in [6.07, 6.45) is 1.05. The lowest BCUT2D eigenvalue weighted by molar-refractivity contribution is 0.598. The van der Waals surface area contributed by atoms with Crippen molar-refractivity contribution in [3.05, 3.63) is 29.8 Å². The summed E-state index contributed by atoms with van der Waals surface area (Å²) in [7, 11) is -3.44. The van der Waals surface area contributed by atoms with Gasteiger partial charge in [-0.1, -0.05) is 17.7 Å². The smallest absolute Gasteiger partial charge is 0.237 e. The van der Waals surface area contributed by atoms with Crippen LogP contribution in [-0.4, -0.2) is 20.7 Å². The van der Waals surface area contributed by atoms with E-state index in [1.807, 2.05) is 6.92 Å². The molecule has 1 rings (SSSR count). The van der Waals surface area contributed by atoms with E-state index in [1.165, 1.54) is 0 Å². The van der Waals surface area contributed by atoms with Crippen molar-refractivity contribution in [1.29, 1.82) is 0 Å². The average molecular weight is 249 g/mol. The number of halogens is 1. The molecule has 0 atom stereocenters. The molecule has 0 aliphatic rings. The van der Waals surface area contributed by atoms with Crippen molar-refractivity contribution >= 4 is 27.7 Å². The molecule has 0 bridgehead atoms. The number of sulfonamides is 1. The van der Waals surface area contributed by atoms with Crippen molar-refractivity contribution in [1.82, 2.24) is 0 Å². The van der Waals surface area contributed by atoms with E-state index in [1.54, 1.807) is 24.3 Å². The van der Waals surface area contributed by atoms with E-state index in [-0.39, 0.29) is 0 Å². The third-order valence-corrected chi connectivity index (χ3v) is 4.20. The zero-order valence-electron chi connectivity index (χ0n) is 8.47. The van der Waals surface area contributed by atoms with E-state index in [0.29, 0.717) is 17.6 Å². The number of nitrogens with zero attached hydrogens (tertiary/aromatic N) is 1. The van der Waals surface area contributed by atoms with Crippen LogP contribution in [0.25, 0.3) is 0 Å². The summed E-state index contributed by atoms with van der Waals surface area (Å²) in [6.45, 7) is 1.90. The van der Waals surface area contributed by atoms with Crippen LogP contribution in [0.15, 0.2) is 24.3 Å². The van der Waals surface area contributed by atoms with Crippen LogP contribution < -0.4 is 3.71 Å². The molecule has 0 aliphatic carbocycles. The first-order valence-electron chi connectivity index (χ1n) is 4.21. The highest BCUT2D eigenvalue weighted by molar-refractivity contribution is 8.14. The zero-order chi connectivity index (χ0) is 11.5. The van der Waals surface area contributed by atoms with Gasteiger partial charge in [0.2, 0.25) is 10.0 Å². The van der Waals surface area contributed by atoms with Crippen molar-refractivity contribution in [2.24, 2.45) is 0 Å². The van der Waals surface area contributed by atoms with Crippen LogP contribution in [0.3, 0.4) is 0 Å². The Labute approximate surface area is 93.5 Å². The minimum atomic E-state index is -3.44. The van der Waals surface area contributed by atoms with E-state index in [0.717, 1.165) is 15.5 Å². The fourth-order valence-electron chi connectivity index (χ4n) is 1.07. The lowest BCUT2D eigenvalue weighted by Crippen LogP contribution is -2.22. The van der Waals surface area contributed by atoms with Gasteiger partial charge in [0.25, 0.3) is 0 Å². The topological polar surface area (TPSA) is 37.4 Å². The number of alkyl halides is 1. The highest BCUT2D eigenvalue weighted by Crippen LogP contribution is 2.25. The monoisotopic (exact) mass is 249 g/mol. The van der Waals surface area contributed by atoms with E-state index in [9.17, 15) is 12.8 Å². The molecule has 0 unspecified atom stereocenters. The molecule has 0 amide bonds. The summed E-state index contributed by atoms with van der Waals surface area (Å²) in [6, 6.07) is 6.09. The van der Waals surface area contributed by atoms with Crippen molar-refractivity contribution in [3.63, 3.8) is 0 Å². The number of aryl methyl sites for hydroxylation is 1. The number of anilines is 1. The van der Waals surface area contributed by atoms with Crippen LogP contribution in [-0.2, 0) is 10.0 Å². The van der Waals surface area contributed by atoms with Gasteiger partial charge < -0.3 is 0 Å². The minimum Gasteiger partial charge on any atom is -0.237 e. The summed E-state index contributed by atoms with van der Waals surface area (Å²) in [5.41, 5.74) is 1.49. The third kappa shape index (κ3) is 3.39. The van der Waals surface area contributed by atoms with Crippen LogP contribution in [0.1, 0.15) is 5.56 Å². The zero-order valence-corrected chi connectivity index (χ0v) is 10.1. The van der Waals surface area contributed by atoms with Gasteiger partial charge in [0.15, 0.2) is 6.01 Å². The van der Waals surface area contributed by atoms with E-state index in [2.05, 4.69) is 0 Å². The molecular weight excluding hydrogens is 237 g/mol. The molecule has 3 nitrogen and oxygen atoms in total. The van der Waals surface area contributed by atoms with Crippen molar-refractivity contribution < 1.29 is 12.8 Å². The highest BCUT2D eigenvalue weighted by Gasteiger charge is 2.17. The Morgan fingerprint density at radius 1 is 1.33 bits per heavy atom. The van der Waals surface area contributed by atoms with Crippen LogP contribution in [0.5, 0.6) is 0 Å². The standard InChI is InChI=1S/C9H12FNO2S2/c1-8-3-5-9(6-4-8)11(14-7-10)15(2,12)13/h3-6H,7H2,1-2H3. The molecule has 15 heavy (non-hydrogen) atoms. The van der Waals surface area contributed by atoms with Gasteiger partial charge in [-0.05, 0) is 19.1 Å². The lowest BCUT2D eigenvalue weighted by Gasteiger charge is -2.19. The molecule has 84 valence electrons. The average Bonchev–Trinajstić information content (AvgIpc) is 2.14. The Morgan fingerprint density at radius 2 is 1.87 bits per heavy atom. The quantitative estimate of drug-likeness (QED) is 0.769. The van der Waals surface area contributed by atoms with Gasteiger partial charge in [0, 0.05) is 11.9 Å². The Balaban J connectivity index is 3.05. The summed E-state index contributed by atoms with van der Waals surface area (Å²) >= 11 is 0.621. The van der Waals surface area contributed by atoms with Gasteiger partial charge in [-0.25, -0.2) is 16.5 Å². The molecule has 0 saturated heterocycles. The minimum absolute atomic E-state index is 0.464. The predicted octanol–water partition coefficient (Wildman–Crippen LogP) is 2.34. The maximum atomic E-state index is 12.2. The maximum Gasteiger partial charge on any atom is 0.241 e. The molecule has 1 aromatic rings. The van der Waals surface area contributed by atoms with Crippen LogP contribution >= 0.6 is 11.9 Å². The van der Waals surface area contributed by atoms with Crippen LogP contribution in [0.4, 0.5) is 10.1 Å². The van der Waals surface area contributed by atoms with Crippen molar-refractivity contribution in [3.8, 4) is 0 Å². The van der Waals surface area contributed by atoms with E-state index < -0.39 is 16.0 Å². The summed E-state index contributed by atoms with van der Waals surface area (Å²) in [5.74, 6) is 0. The van der Waals surface area contributed by atoms with Gasteiger partial charge in [0.05, 0.1) is 11.9 Å². The Bertz CT molecular complexity index is 416. The van der Waals surface area contributed by atoms with Gasteiger partial charge in [-0.3, -0.25) is 0 Å². The third-order valence-electron chi connectivity index (χ3n) is 1.71. The molecule has 0 aromatic heterocycles. The highest BCUT2D eigenvalue weighted by atomic mass is 32.3. The van der Waals surface area contributed by atoms with Crippen LogP contribution in [0.2, 0.25) is 0 Å². The SMILES string of the molecule is Cc1ccc(N(SCF)S(C)(=O)=O)cc1. The Kier molecular flexibility index (Phi) is 3.98. The first-order valence-corrected chi connectivity index (χ1v) is 7.00. The number of hydrogen-bond acceptors (Lipinski definition) is 3. The molecule has 0 N–H and O–H groups in total. The number of rotatable bonds is 4. The van der Waals surface area contributed by atoms with Crippen molar-refractivity contribution in [2.75, 3.05) is 16.0 Å². The Hall–Kier alpha value is -0.750. The fraction of sp³-hybridized carbons (Fsp3) is 0.333. The summed E-state index contributed by atoms with van der Waals surface area (Å²) in [4.78, 5) is 0. The van der Waals surface area contributed by atoms with Gasteiger partial charge in [-0.15, -0.1) is 0 Å². The summed E-state index contributed by atoms with van der Waals surface area (Å²) in [5, 5.41) is 0. The molecule has 0 spiro atoms. The fourth-order valence-corrected chi connectivity index (χ4v) is 2.82. The van der Waals surface area contributed by atoms with Gasteiger partial charge >= 0.3 is 0 Å². The molecule has 0 fully saturated rings. The molecule has 0 aliphatic heterocycles. The second-order valence-corrected chi connectivity index (χ2v) is 5.97. The predicted molar refractivity (Wildman–Crippen MR) is 62.1 cm³/mol. The number of hydrogen-bond donors (Lipinski definition) is 0. The summed E-state index contributed by atoms with van der Waals surface area (Å²) < 4.78 is 35.9. The number of benzene rings is 1. The second-order valence-electron chi connectivity index (χ2n) is 3.06. The van der Waals surface area contributed by atoms with Gasteiger partial charge in [0.1, 0.15) is 0 Å². The largest absolute Gasteiger partial charge is 0.241 e. The lowest BCUT2D eigenvalue weighted by atomic mass is 10.2. The molecule has 6 heteroatoms. The van der Waals surface area contributed by atoms with Crippen LogP contribution in [0, 0.1) is 6.92 Å². The van der Waals surface area contributed by atoms with E-state index in [4.69, 9.17) is 0 Å². The molecule has 0 heterocycles. The first kappa shape index (κ1) is 12.3. The first-order chi connectivity index (χ1) is 6.95. The molecule has 0 saturated carbocycles. The maximum absolute atomic E-state index is 12.2. The van der Waals surface area contributed by atoms with E-state index >= 15 is 0 Å².